The fourth-order valence-corrected chi connectivity index (χ4v) is 0.332. The highest BCUT2D eigenvalue weighted by atomic mass is 16.4. The standard InChI is InChI=1S/C4H7N3O4/c1-2(3(8)9)5-4(10)6-7-11/h2H,1H3,(H,8,9)(H2,5,6,10,11)/t2-/m0/s1. The first kappa shape index (κ1) is 9.34. The first-order chi connectivity index (χ1) is 5.07. The topological polar surface area (TPSA) is 108 Å². The average Bonchev–Trinajstić information content (AvgIpc) is 1.87. The second kappa shape index (κ2) is 4.20. The quantitative estimate of drug-likeness (QED) is 0.380. The number of carboxylic acids is 1. The van der Waals surface area contributed by atoms with Gasteiger partial charge in [-0.3, -0.25) is 4.79 Å². The van der Waals surface area contributed by atoms with Gasteiger partial charge in [0, 0.05) is 0 Å². The van der Waals surface area contributed by atoms with Gasteiger partial charge in [0.2, 0.25) is 0 Å². The lowest BCUT2D eigenvalue weighted by atomic mass is 10.3. The third-order valence-corrected chi connectivity index (χ3v) is 0.865. The van der Waals surface area contributed by atoms with E-state index in [1.807, 2.05) is 10.6 Å². The molecule has 62 valence electrons. The van der Waals surface area contributed by atoms with Gasteiger partial charge in [0.1, 0.15) is 6.04 Å². The fraction of sp³-hybridized carbons (Fsp3) is 0.500. The molecule has 7 heteroatoms. The third kappa shape index (κ3) is 3.84. The Morgan fingerprint density at radius 1 is 1.55 bits per heavy atom. The number of amides is 2. The fourth-order valence-electron chi connectivity index (χ4n) is 0.332. The van der Waals surface area contributed by atoms with Crippen molar-refractivity contribution in [2.45, 2.75) is 13.0 Å². The van der Waals surface area contributed by atoms with E-state index in [2.05, 4.69) is 0 Å². The summed E-state index contributed by atoms with van der Waals surface area (Å²) in [4.78, 5) is 29.9. The molecule has 0 saturated heterocycles. The van der Waals surface area contributed by atoms with E-state index in [0.29, 0.717) is 0 Å². The Morgan fingerprint density at radius 3 is 2.45 bits per heavy atom. The van der Waals surface area contributed by atoms with Gasteiger partial charge in [-0.05, 0) is 6.92 Å². The summed E-state index contributed by atoms with van der Waals surface area (Å²) in [6, 6.07) is -1.98. The molecule has 7 nitrogen and oxygen atoms in total. The molecule has 0 radical (unpaired) electrons. The summed E-state index contributed by atoms with van der Waals surface area (Å²) < 4.78 is 0. The van der Waals surface area contributed by atoms with Crippen LogP contribution in [0.1, 0.15) is 6.92 Å². The number of nitrogens with zero attached hydrogens (tertiary/aromatic N) is 1. The zero-order valence-electron chi connectivity index (χ0n) is 5.70. The maximum Gasteiger partial charge on any atom is 0.338 e. The molecule has 3 N–H and O–H groups in total. The molecule has 0 rings (SSSR count). The summed E-state index contributed by atoms with van der Waals surface area (Å²) in [5, 5.41) is 12.2. The number of hydrogen-bond acceptors (Lipinski definition) is 4. The molecule has 0 aliphatic carbocycles. The predicted octanol–water partition coefficient (Wildman–Crippen LogP) is -0.560. The molecule has 11 heavy (non-hydrogen) atoms. The van der Waals surface area contributed by atoms with Gasteiger partial charge >= 0.3 is 12.0 Å². The molecule has 0 aliphatic heterocycles. The molecule has 1 atom stereocenters. The van der Waals surface area contributed by atoms with Crippen LogP contribution in [0.25, 0.3) is 0 Å². The van der Waals surface area contributed by atoms with Crippen molar-refractivity contribution in [3.05, 3.63) is 4.91 Å². The molecule has 0 heterocycles. The third-order valence-electron chi connectivity index (χ3n) is 0.865. The van der Waals surface area contributed by atoms with E-state index in [4.69, 9.17) is 5.11 Å². The Hall–Kier alpha value is -1.66. The normalized spacial score (nSPS) is 11.4. The summed E-state index contributed by atoms with van der Waals surface area (Å²) in [6.45, 7) is 1.26. The van der Waals surface area contributed by atoms with Crippen LogP contribution in [-0.2, 0) is 4.79 Å². The molecule has 0 fully saturated rings. The number of urea groups is 1. The van der Waals surface area contributed by atoms with E-state index in [1.54, 1.807) is 0 Å². The van der Waals surface area contributed by atoms with Gasteiger partial charge in [-0.15, -0.1) is 4.91 Å². The molecule has 0 aromatic heterocycles. The molecule has 0 saturated carbocycles. The Bertz CT molecular complexity index is 180. The minimum atomic E-state index is -1.19. The molecule has 2 amide bonds. The van der Waals surface area contributed by atoms with Crippen LogP contribution < -0.4 is 10.7 Å². The van der Waals surface area contributed by atoms with Crippen molar-refractivity contribution in [3.8, 4) is 0 Å². The number of carbonyl (C=O) groups excluding carboxylic acids is 1. The molecular formula is C4H7N3O4. The number of carboxylic acid groups (broad SMARTS) is 1. The number of nitroso groups, excluding NO2 is 1. The van der Waals surface area contributed by atoms with Gasteiger partial charge in [0.25, 0.3) is 0 Å². The first-order valence-electron chi connectivity index (χ1n) is 2.69. The average molecular weight is 161 g/mol. The van der Waals surface area contributed by atoms with Gasteiger partial charge in [-0.25, -0.2) is 4.79 Å². The van der Waals surface area contributed by atoms with Gasteiger partial charge in [0.15, 0.2) is 0 Å². The maximum absolute atomic E-state index is 10.4. The molecule has 0 aromatic rings. The van der Waals surface area contributed by atoms with E-state index in [1.165, 1.54) is 12.3 Å². The van der Waals surface area contributed by atoms with Crippen molar-refractivity contribution in [1.82, 2.24) is 10.7 Å². The number of nitrogens with one attached hydrogen (secondary N) is 2. The van der Waals surface area contributed by atoms with Gasteiger partial charge in [0.05, 0.1) is 5.29 Å². The number of aliphatic carboxylic acids is 1. The SMILES string of the molecule is C[C@H](NC(=O)NN=O)C(=O)O. The van der Waals surface area contributed by atoms with Crippen molar-refractivity contribution in [2.24, 2.45) is 5.29 Å². The second-order valence-electron chi connectivity index (χ2n) is 1.74. The largest absolute Gasteiger partial charge is 0.480 e. The molecule has 0 unspecified atom stereocenters. The van der Waals surface area contributed by atoms with E-state index >= 15 is 0 Å². The summed E-state index contributed by atoms with van der Waals surface area (Å²) >= 11 is 0. The van der Waals surface area contributed by atoms with Crippen LogP contribution >= 0.6 is 0 Å². The van der Waals surface area contributed by atoms with Crippen LogP contribution in [0.3, 0.4) is 0 Å². The summed E-state index contributed by atoms with van der Waals surface area (Å²) in [6.07, 6.45) is 0. The van der Waals surface area contributed by atoms with Crippen LogP contribution in [0.4, 0.5) is 4.79 Å². The van der Waals surface area contributed by atoms with Gasteiger partial charge in [-0.2, -0.15) is 5.43 Å². The molecular weight excluding hydrogens is 154 g/mol. The van der Waals surface area contributed by atoms with Crippen molar-refractivity contribution >= 4 is 12.0 Å². The Balaban J connectivity index is 3.74. The predicted molar refractivity (Wildman–Crippen MR) is 34.6 cm³/mol. The molecule has 0 aromatic carbocycles. The van der Waals surface area contributed by atoms with Crippen molar-refractivity contribution in [3.63, 3.8) is 0 Å². The Morgan fingerprint density at radius 2 is 2.09 bits per heavy atom. The highest BCUT2D eigenvalue weighted by molar-refractivity contribution is 5.81. The van der Waals surface area contributed by atoms with E-state index in [0.717, 1.165) is 0 Å². The minimum absolute atomic E-state index is 0.935. The lowest BCUT2D eigenvalue weighted by Crippen LogP contribution is -2.42. The summed E-state index contributed by atoms with van der Waals surface area (Å²) in [7, 11) is 0. The van der Waals surface area contributed by atoms with Crippen LogP contribution in [0, 0.1) is 4.91 Å². The maximum atomic E-state index is 10.4. The van der Waals surface area contributed by atoms with Gasteiger partial charge in [-0.1, -0.05) is 0 Å². The van der Waals surface area contributed by atoms with Gasteiger partial charge < -0.3 is 10.4 Å². The monoisotopic (exact) mass is 161 g/mol. The molecule has 0 aliphatic rings. The van der Waals surface area contributed by atoms with Crippen LogP contribution in [-0.4, -0.2) is 23.1 Å². The second-order valence-corrected chi connectivity index (χ2v) is 1.74. The zero-order valence-corrected chi connectivity index (χ0v) is 5.70. The summed E-state index contributed by atoms with van der Waals surface area (Å²) in [5.41, 5.74) is 1.49. The van der Waals surface area contributed by atoms with Crippen LogP contribution in [0.5, 0.6) is 0 Å². The van der Waals surface area contributed by atoms with E-state index in [-0.39, 0.29) is 0 Å². The lowest BCUT2D eigenvalue weighted by Gasteiger charge is -2.05. The van der Waals surface area contributed by atoms with Crippen molar-refractivity contribution in [1.29, 1.82) is 0 Å². The first-order valence-corrected chi connectivity index (χ1v) is 2.69. The van der Waals surface area contributed by atoms with Crippen LogP contribution in [0.15, 0.2) is 5.29 Å². The Labute approximate surface area is 61.7 Å². The van der Waals surface area contributed by atoms with E-state index < -0.39 is 18.0 Å². The molecule has 0 bridgehead atoms. The zero-order chi connectivity index (χ0) is 8.85. The number of hydrogen-bond donors (Lipinski definition) is 3. The number of rotatable bonds is 3. The van der Waals surface area contributed by atoms with Crippen LogP contribution in [0.2, 0.25) is 0 Å². The van der Waals surface area contributed by atoms with E-state index in [9.17, 15) is 14.5 Å². The molecule has 0 spiro atoms. The van der Waals surface area contributed by atoms with Crippen molar-refractivity contribution in [2.75, 3.05) is 0 Å². The number of carbonyl (C=O) groups is 2. The minimum Gasteiger partial charge on any atom is -0.480 e. The Kier molecular flexibility index (Phi) is 3.57. The summed E-state index contributed by atoms with van der Waals surface area (Å²) in [5.74, 6) is -1.19. The smallest absolute Gasteiger partial charge is 0.338 e. The highest BCUT2D eigenvalue weighted by Gasteiger charge is 2.12. The lowest BCUT2D eigenvalue weighted by molar-refractivity contribution is -0.138. The van der Waals surface area contributed by atoms with Crippen molar-refractivity contribution < 1.29 is 14.7 Å². The highest BCUT2D eigenvalue weighted by Crippen LogP contribution is 1.79.